The second-order valence-corrected chi connectivity index (χ2v) is 13.9. The quantitative estimate of drug-likeness (QED) is 0.230. The van der Waals surface area contributed by atoms with E-state index in [1.54, 1.807) is 54.6 Å². The molecule has 4 aromatic heterocycles. The number of hydrogen-bond acceptors (Lipinski definition) is 10. The third kappa shape index (κ3) is 7.10. The summed E-state index contributed by atoms with van der Waals surface area (Å²) in [5.41, 5.74) is 2.52. The standard InChI is InChI=1S/C19H22FN5O.C19H23N5O2.CH4/c1-3-14-19(26)24(2)15-11-22-17(12-8-9-21-16(20)10-12)23-18(15)25(14)13-6-4-5-7-13;1-3-14-19(26)23(2)15-11-21-17(12-8-9-20-16(25)10-12)22-18(15)24(14)13-6-4-5-7-13;/h8-11,13-14H,3-7H2,1-2H3;8-11,13-14H,3-7H2,1-2H3,(H,20,25);1H4. The number of rotatable bonds is 6. The van der Waals surface area contributed by atoms with E-state index in [1.165, 1.54) is 44.0 Å². The number of anilines is 4. The minimum Gasteiger partial charge on any atom is -0.340 e. The van der Waals surface area contributed by atoms with Crippen molar-refractivity contribution in [3.63, 3.8) is 0 Å². The van der Waals surface area contributed by atoms with Crippen LogP contribution in [0, 0.1) is 5.95 Å². The molecule has 0 spiro atoms. The molecule has 0 radical (unpaired) electrons. The molecule has 2 aliphatic heterocycles. The third-order valence-corrected chi connectivity index (χ3v) is 10.8. The first kappa shape index (κ1) is 37.5. The smallest absolute Gasteiger partial charge is 0.249 e. The molecule has 0 aromatic carbocycles. The van der Waals surface area contributed by atoms with Crippen LogP contribution in [0.1, 0.15) is 85.5 Å². The van der Waals surface area contributed by atoms with E-state index < -0.39 is 5.95 Å². The van der Waals surface area contributed by atoms with E-state index in [1.807, 2.05) is 13.8 Å². The average Bonchev–Trinajstić information content (AvgIpc) is 3.90. The Morgan fingerprint density at radius 1 is 0.717 bits per heavy atom. The first-order chi connectivity index (χ1) is 25.2. The molecule has 0 saturated heterocycles. The minimum absolute atomic E-state index is 0. The molecule has 2 saturated carbocycles. The third-order valence-electron chi connectivity index (χ3n) is 10.8. The second-order valence-electron chi connectivity index (χ2n) is 13.9. The van der Waals surface area contributed by atoms with Crippen LogP contribution in [0.2, 0.25) is 0 Å². The summed E-state index contributed by atoms with van der Waals surface area (Å²) in [6.45, 7) is 4.08. The SMILES string of the molecule is C.CCC1C(=O)N(C)c2cnc(-c3cc[nH]c(=O)c3)nc2N1C1CCCC1.CCC1C(=O)N(C)c2cnc(-c3ccnc(F)c3)nc2N1C1CCCC1. The fraction of sp³-hybridized carbons (Fsp3) is 0.487. The topological polar surface area (TPSA) is 144 Å². The lowest BCUT2D eigenvalue weighted by atomic mass is 10.0. The van der Waals surface area contributed by atoms with Gasteiger partial charge in [-0.2, -0.15) is 4.39 Å². The van der Waals surface area contributed by atoms with Gasteiger partial charge in [0.1, 0.15) is 23.5 Å². The molecule has 53 heavy (non-hydrogen) atoms. The number of carbonyl (C=O) groups excluding carboxylic acids is 2. The van der Waals surface area contributed by atoms with Crippen molar-refractivity contribution in [2.24, 2.45) is 0 Å². The lowest BCUT2D eigenvalue weighted by Gasteiger charge is -2.43. The van der Waals surface area contributed by atoms with Crippen LogP contribution in [0.3, 0.4) is 0 Å². The van der Waals surface area contributed by atoms with Crippen LogP contribution >= 0.6 is 0 Å². The van der Waals surface area contributed by atoms with E-state index >= 15 is 0 Å². The summed E-state index contributed by atoms with van der Waals surface area (Å²) in [5.74, 6) is 2.15. The summed E-state index contributed by atoms with van der Waals surface area (Å²) in [5, 5.41) is 0. The highest BCUT2D eigenvalue weighted by molar-refractivity contribution is 6.05. The number of halogens is 1. The Morgan fingerprint density at radius 3 is 1.62 bits per heavy atom. The highest BCUT2D eigenvalue weighted by atomic mass is 19.1. The normalized spacial score (nSPS) is 20.2. The van der Waals surface area contributed by atoms with Gasteiger partial charge >= 0.3 is 0 Å². The lowest BCUT2D eigenvalue weighted by molar-refractivity contribution is -0.120. The zero-order valence-electron chi connectivity index (χ0n) is 30.1. The molecule has 8 rings (SSSR count). The maximum absolute atomic E-state index is 13.5. The Kier molecular flexibility index (Phi) is 11.2. The molecule has 4 aromatic rings. The molecule has 6 heterocycles. The van der Waals surface area contributed by atoms with Gasteiger partial charge in [0.05, 0.1) is 12.4 Å². The number of nitrogens with one attached hydrogen (secondary N) is 1. The van der Waals surface area contributed by atoms with Crippen LogP contribution in [-0.2, 0) is 9.59 Å². The molecule has 4 aliphatic rings. The van der Waals surface area contributed by atoms with Crippen molar-refractivity contribution in [2.45, 2.75) is 110 Å². The highest BCUT2D eigenvalue weighted by Crippen LogP contribution is 2.41. The van der Waals surface area contributed by atoms with Gasteiger partial charge in [-0.1, -0.05) is 47.0 Å². The Labute approximate surface area is 309 Å². The van der Waals surface area contributed by atoms with Gasteiger partial charge in [0.15, 0.2) is 23.3 Å². The van der Waals surface area contributed by atoms with Crippen molar-refractivity contribution in [1.29, 1.82) is 0 Å². The number of likely N-dealkylation sites (N-methyl/N-ethyl adjacent to an activating group) is 2. The zero-order valence-corrected chi connectivity index (χ0v) is 30.1. The second kappa shape index (κ2) is 15.8. The average molecular weight is 725 g/mol. The van der Waals surface area contributed by atoms with Gasteiger partial charge in [-0.15, -0.1) is 0 Å². The summed E-state index contributed by atoms with van der Waals surface area (Å²) < 4.78 is 13.5. The van der Waals surface area contributed by atoms with Gasteiger partial charge in [-0.25, -0.2) is 24.9 Å². The van der Waals surface area contributed by atoms with Gasteiger partial charge < -0.3 is 24.6 Å². The van der Waals surface area contributed by atoms with Gasteiger partial charge in [-0.3, -0.25) is 14.4 Å². The molecular formula is C39H49FN10O3. The van der Waals surface area contributed by atoms with Crippen molar-refractivity contribution < 1.29 is 14.0 Å². The molecular weight excluding hydrogens is 675 g/mol. The Morgan fingerprint density at radius 2 is 1.19 bits per heavy atom. The van der Waals surface area contributed by atoms with Crippen LogP contribution in [0.4, 0.5) is 27.4 Å². The van der Waals surface area contributed by atoms with Crippen LogP contribution in [-0.4, -0.2) is 80.0 Å². The van der Waals surface area contributed by atoms with Gasteiger partial charge in [-0.05, 0) is 50.7 Å². The number of nitrogens with zero attached hydrogens (tertiary/aromatic N) is 9. The molecule has 2 amide bonds. The number of amides is 2. The van der Waals surface area contributed by atoms with Crippen molar-refractivity contribution >= 4 is 34.8 Å². The van der Waals surface area contributed by atoms with Crippen molar-refractivity contribution in [3.8, 4) is 22.8 Å². The summed E-state index contributed by atoms with van der Waals surface area (Å²) >= 11 is 0. The Hall–Kier alpha value is -5.27. The van der Waals surface area contributed by atoms with E-state index in [0.717, 1.165) is 55.8 Å². The number of H-pyrrole nitrogens is 1. The maximum atomic E-state index is 13.5. The summed E-state index contributed by atoms with van der Waals surface area (Å²) in [6.07, 6.45) is 16.8. The van der Waals surface area contributed by atoms with Crippen LogP contribution in [0.15, 0.2) is 53.8 Å². The van der Waals surface area contributed by atoms with Crippen molar-refractivity contribution in [3.05, 3.63) is 65.4 Å². The largest absolute Gasteiger partial charge is 0.340 e. The highest BCUT2D eigenvalue weighted by Gasteiger charge is 2.42. The van der Waals surface area contributed by atoms with Gasteiger partial charge in [0, 0.05) is 61.8 Å². The van der Waals surface area contributed by atoms with E-state index in [2.05, 4.69) is 29.7 Å². The van der Waals surface area contributed by atoms with Crippen LogP contribution < -0.4 is 25.2 Å². The number of aromatic nitrogens is 6. The van der Waals surface area contributed by atoms with Crippen LogP contribution in [0.5, 0.6) is 0 Å². The molecule has 280 valence electrons. The summed E-state index contributed by atoms with van der Waals surface area (Å²) in [4.78, 5) is 69.6. The molecule has 2 atom stereocenters. The molecule has 0 bridgehead atoms. The van der Waals surface area contributed by atoms with Crippen molar-refractivity contribution in [2.75, 3.05) is 33.7 Å². The molecule has 2 fully saturated rings. The number of pyridine rings is 2. The zero-order chi connectivity index (χ0) is 36.5. The number of carbonyl (C=O) groups is 2. The Balaban J connectivity index is 0.000000178. The first-order valence-corrected chi connectivity index (χ1v) is 18.4. The van der Waals surface area contributed by atoms with E-state index in [0.29, 0.717) is 40.5 Å². The Bertz CT molecular complexity index is 2010. The molecule has 2 aliphatic carbocycles. The molecule has 2 unspecified atom stereocenters. The fourth-order valence-electron chi connectivity index (χ4n) is 8.17. The van der Waals surface area contributed by atoms with Gasteiger partial charge in [0.25, 0.3) is 0 Å². The van der Waals surface area contributed by atoms with Crippen LogP contribution in [0.25, 0.3) is 22.8 Å². The molecule has 13 nitrogen and oxygen atoms in total. The maximum Gasteiger partial charge on any atom is 0.249 e. The van der Waals surface area contributed by atoms with Crippen molar-refractivity contribution in [1.82, 2.24) is 29.9 Å². The number of fused-ring (bicyclic) bond motifs is 2. The minimum atomic E-state index is -0.560. The molecule has 1 N–H and O–H groups in total. The summed E-state index contributed by atoms with van der Waals surface area (Å²) in [6, 6.07) is 6.54. The monoisotopic (exact) mass is 724 g/mol. The number of aromatic amines is 1. The summed E-state index contributed by atoms with van der Waals surface area (Å²) in [7, 11) is 3.55. The lowest BCUT2D eigenvalue weighted by Crippen LogP contribution is -2.55. The fourth-order valence-corrected chi connectivity index (χ4v) is 8.17. The van der Waals surface area contributed by atoms with E-state index in [-0.39, 0.29) is 36.9 Å². The predicted molar refractivity (Wildman–Crippen MR) is 204 cm³/mol. The first-order valence-electron chi connectivity index (χ1n) is 18.4. The molecule has 14 heteroatoms. The number of hydrogen-bond donors (Lipinski definition) is 1. The van der Waals surface area contributed by atoms with Gasteiger partial charge in [0.2, 0.25) is 23.3 Å². The predicted octanol–water partition coefficient (Wildman–Crippen LogP) is 6.15. The van der Waals surface area contributed by atoms with E-state index in [4.69, 9.17) is 9.97 Å². The van der Waals surface area contributed by atoms with E-state index in [9.17, 15) is 18.8 Å².